The molecule has 3 nitrogen and oxygen atoms in total. The zero-order valence-electron chi connectivity index (χ0n) is 7.30. The van der Waals surface area contributed by atoms with Gasteiger partial charge in [-0.05, 0) is 18.6 Å². The highest BCUT2D eigenvalue weighted by Gasteiger charge is 2.17. The summed E-state index contributed by atoms with van der Waals surface area (Å²) in [4.78, 5) is 10.7. The number of ether oxygens (including phenoxy) is 1. The molecule has 0 spiro atoms. The van der Waals surface area contributed by atoms with Gasteiger partial charge in [0.05, 0.1) is 7.11 Å². The average Bonchev–Trinajstić information content (AvgIpc) is 2.07. The Morgan fingerprint density at radius 3 is 2.54 bits per heavy atom. The van der Waals surface area contributed by atoms with Gasteiger partial charge in [-0.1, -0.05) is 6.07 Å². The van der Waals surface area contributed by atoms with Crippen LogP contribution in [0.4, 0.5) is 4.39 Å². The van der Waals surface area contributed by atoms with E-state index in [0.29, 0.717) is 5.56 Å². The molecule has 1 rings (SSSR count). The summed E-state index contributed by atoms with van der Waals surface area (Å²) in [7, 11) is 1.24. The van der Waals surface area contributed by atoms with Gasteiger partial charge in [0.1, 0.15) is 5.56 Å². The van der Waals surface area contributed by atoms with Crippen LogP contribution in [0.25, 0.3) is 0 Å². The molecule has 1 aromatic carbocycles. The maximum Gasteiger partial charge on any atom is 0.339 e. The van der Waals surface area contributed by atoms with Crippen molar-refractivity contribution in [2.24, 2.45) is 0 Å². The van der Waals surface area contributed by atoms with E-state index in [1.54, 1.807) is 6.92 Å². The topological polar surface area (TPSA) is 46.5 Å². The maximum absolute atomic E-state index is 13.0. The molecule has 0 radical (unpaired) electrons. The second kappa shape index (κ2) is 3.43. The Bertz CT molecular complexity index is 347. The van der Waals surface area contributed by atoms with E-state index in [-0.39, 0.29) is 11.3 Å². The third-order valence-electron chi connectivity index (χ3n) is 1.74. The normalized spacial score (nSPS) is 9.77. The van der Waals surface area contributed by atoms with Crippen LogP contribution in [0.3, 0.4) is 0 Å². The van der Waals surface area contributed by atoms with E-state index >= 15 is 0 Å². The third kappa shape index (κ3) is 1.61. The number of carboxylic acid groups (broad SMARTS) is 1. The highest BCUT2D eigenvalue weighted by Crippen LogP contribution is 2.25. The van der Waals surface area contributed by atoms with Crippen molar-refractivity contribution in [3.05, 3.63) is 29.1 Å². The Hall–Kier alpha value is -1.58. The second-order valence-corrected chi connectivity index (χ2v) is 2.58. The van der Waals surface area contributed by atoms with Crippen LogP contribution in [-0.4, -0.2) is 18.2 Å². The number of halogens is 1. The molecule has 4 heteroatoms. The van der Waals surface area contributed by atoms with Gasteiger partial charge in [0.15, 0.2) is 11.6 Å². The Labute approximate surface area is 74.8 Å². The summed E-state index contributed by atoms with van der Waals surface area (Å²) in [5.74, 6) is -2.06. The van der Waals surface area contributed by atoms with Crippen molar-refractivity contribution < 1.29 is 19.0 Å². The van der Waals surface area contributed by atoms with Crippen molar-refractivity contribution in [3.63, 3.8) is 0 Å². The molecule has 1 aromatic rings. The maximum atomic E-state index is 13.0. The molecule has 0 saturated carbocycles. The van der Waals surface area contributed by atoms with Crippen LogP contribution in [0.5, 0.6) is 5.75 Å². The quantitative estimate of drug-likeness (QED) is 0.762. The van der Waals surface area contributed by atoms with E-state index in [2.05, 4.69) is 4.74 Å². The molecule has 0 atom stereocenters. The lowest BCUT2D eigenvalue weighted by atomic mass is 10.1. The molecule has 0 heterocycles. The van der Waals surface area contributed by atoms with Gasteiger partial charge >= 0.3 is 5.97 Å². The Morgan fingerprint density at radius 1 is 1.54 bits per heavy atom. The highest BCUT2D eigenvalue weighted by molar-refractivity contribution is 5.92. The van der Waals surface area contributed by atoms with Crippen molar-refractivity contribution >= 4 is 5.97 Å². The van der Waals surface area contributed by atoms with E-state index < -0.39 is 11.8 Å². The molecular formula is C9H9FO3. The highest BCUT2D eigenvalue weighted by atomic mass is 19.1. The van der Waals surface area contributed by atoms with Crippen molar-refractivity contribution in [2.45, 2.75) is 6.92 Å². The Kier molecular flexibility index (Phi) is 2.51. The van der Waals surface area contributed by atoms with Gasteiger partial charge in [-0.15, -0.1) is 0 Å². The lowest BCUT2D eigenvalue weighted by molar-refractivity contribution is 0.0691. The number of methoxy groups -OCH3 is 1. The number of rotatable bonds is 2. The van der Waals surface area contributed by atoms with Crippen LogP contribution in [-0.2, 0) is 0 Å². The van der Waals surface area contributed by atoms with Crippen LogP contribution in [0, 0.1) is 12.7 Å². The summed E-state index contributed by atoms with van der Waals surface area (Å²) in [6.45, 7) is 1.59. The minimum atomic E-state index is -1.19. The number of carboxylic acids is 1. The monoisotopic (exact) mass is 184 g/mol. The zero-order valence-corrected chi connectivity index (χ0v) is 7.30. The van der Waals surface area contributed by atoms with E-state index in [1.807, 2.05) is 0 Å². The van der Waals surface area contributed by atoms with Gasteiger partial charge in [-0.25, -0.2) is 9.18 Å². The van der Waals surface area contributed by atoms with Gasteiger partial charge in [0.2, 0.25) is 0 Å². The SMILES string of the molecule is COc1c(F)ccc(C)c1C(=O)O. The van der Waals surface area contributed by atoms with Gasteiger partial charge in [0.25, 0.3) is 0 Å². The minimum Gasteiger partial charge on any atom is -0.493 e. The molecule has 0 bridgehead atoms. The molecular weight excluding hydrogens is 175 g/mol. The van der Waals surface area contributed by atoms with Crippen molar-refractivity contribution in [2.75, 3.05) is 7.11 Å². The average molecular weight is 184 g/mol. The fourth-order valence-corrected chi connectivity index (χ4v) is 1.12. The smallest absolute Gasteiger partial charge is 0.339 e. The predicted molar refractivity (Wildman–Crippen MR) is 44.6 cm³/mol. The second-order valence-electron chi connectivity index (χ2n) is 2.58. The minimum absolute atomic E-state index is 0.123. The molecule has 0 fully saturated rings. The van der Waals surface area contributed by atoms with Crippen LogP contribution >= 0.6 is 0 Å². The van der Waals surface area contributed by atoms with E-state index in [0.717, 1.165) is 0 Å². The Balaban J connectivity index is 3.43. The first-order valence-corrected chi connectivity index (χ1v) is 3.64. The Morgan fingerprint density at radius 2 is 2.15 bits per heavy atom. The van der Waals surface area contributed by atoms with Crippen molar-refractivity contribution in [3.8, 4) is 5.75 Å². The van der Waals surface area contributed by atoms with Crippen molar-refractivity contribution in [1.29, 1.82) is 0 Å². The molecule has 13 heavy (non-hydrogen) atoms. The molecule has 1 N–H and O–H groups in total. The first-order valence-electron chi connectivity index (χ1n) is 3.64. The first kappa shape index (κ1) is 9.51. The fourth-order valence-electron chi connectivity index (χ4n) is 1.12. The summed E-state index contributed by atoms with van der Waals surface area (Å²) in [6.07, 6.45) is 0. The molecule has 70 valence electrons. The third-order valence-corrected chi connectivity index (χ3v) is 1.74. The van der Waals surface area contributed by atoms with Gasteiger partial charge in [-0.2, -0.15) is 0 Å². The molecule has 0 aliphatic carbocycles. The number of hydrogen-bond donors (Lipinski definition) is 1. The van der Waals surface area contributed by atoms with Gasteiger partial charge in [-0.3, -0.25) is 0 Å². The van der Waals surface area contributed by atoms with Crippen molar-refractivity contribution in [1.82, 2.24) is 0 Å². The lowest BCUT2D eigenvalue weighted by Crippen LogP contribution is -2.05. The molecule has 0 aliphatic heterocycles. The van der Waals surface area contributed by atoms with Crippen LogP contribution in [0.2, 0.25) is 0 Å². The van der Waals surface area contributed by atoms with E-state index in [4.69, 9.17) is 5.11 Å². The summed E-state index contributed by atoms with van der Waals surface area (Å²) in [5.41, 5.74) is 0.355. The molecule has 0 aliphatic rings. The molecule has 0 unspecified atom stereocenters. The molecule has 0 saturated heterocycles. The number of aromatic carboxylic acids is 1. The van der Waals surface area contributed by atoms with Crippen LogP contribution in [0.1, 0.15) is 15.9 Å². The number of carbonyl (C=O) groups is 1. The lowest BCUT2D eigenvalue weighted by Gasteiger charge is -2.07. The summed E-state index contributed by atoms with van der Waals surface area (Å²) in [5, 5.41) is 8.76. The molecule has 0 aromatic heterocycles. The largest absolute Gasteiger partial charge is 0.493 e. The summed E-state index contributed by atoms with van der Waals surface area (Å²) in [6, 6.07) is 2.59. The van der Waals surface area contributed by atoms with E-state index in [1.165, 1.54) is 19.2 Å². The molecule has 0 amide bonds. The van der Waals surface area contributed by atoms with Gasteiger partial charge in [0, 0.05) is 0 Å². The van der Waals surface area contributed by atoms with Crippen LogP contribution < -0.4 is 4.74 Å². The van der Waals surface area contributed by atoms with Crippen LogP contribution in [0.15, 0.2) is 12.1 Å². The predicted octanol–water partition coefficient (Wildman–Crippen LogP) is 1.84. The fraction of sp³-hybridized carbons (Fsp3) is 0.222. The standard InChI is InChI=1S/C9H9FO3/c1-5-3-4-6(10)8(13-2)7(5)9(11)12/h3-4H,1-2H3,(H,11,12). The summed E-state index contributed by atoms with van der Waals surface area (Å²) >= 11 is 0. The number of hydrogen-bond acceptors (Lipinski definition) is 2. The number of benzene rings is 1. The first-order chi connectivity index (χ1) is 6.07. The number of aryl methyl sites for hydroxylation is 1. The summed E-state index contributed by atoms with van der Waals surface area (Å²) < 4.78 is 17.7. The van der Waals surface area contributed by atoms with Gasteiger partial charge < -0.3 is 9.84 Å². The zero-order chi connectivity index (χ0) is 10.0. The van der Waals surface area contributed by atoms with E-state index in [9.17, 15) is 9.18 Å².